The summed E-state index contributed by atoms with van der Waals surface area (Å²) in [4.78, 5) is 26.3. The SMILES string of the molecule is COc1ccc(CCN(C)C(=O)CNC(=O)c2ccc(OC)c(OC)c2)cc1OC. The Morgan fingerprint density at radius 2 is 1.40 bits per heavy atom. The number of carbonyl (C=O) groups is 2. The first-order chi connectivity index (χ1) is 14.4. The summed E-state index contributed by atoms with van der Waals surface area (Å²) in [5.41, 5.74) is 1.40. The van der Waals surface area contributed by atoms with Crippen LogP contribution in [0.2, 0.25) is 0 Å². The fourth-order valence-corrected chi connectivity index (χ4v) is 2.83. The zero-order valence-electron chi connectivity index (χ0n) is 18.0. The molecule has 0 heterocycles. The molecule has 0 aromatic heterocycles. The highest BCUT2D eigenvalue weighted by molar-refractivity contribution is 5.97. The van der Waals surface area contributed by atoms with E-state index in [0.29, 0.717) is 41.5 Å². The summed E-state index contributed by atoms with van der Waals surface area (Å²) in [5, 5.41) is 2.64. The molecule has 0 aliphatic rings. The van der Waals surface area contributed by atoms with Gasteiger partial charge in [0.15, 0.2) is 23.0 Å². The molecule has 2 amide bonds. The Kier molecular flexibility index (Phi) is 8.34. The number of hydrogen-bond donors (Lipinski definition) is 1. The van der Waals surface area contributed by atoms with Crippen LogP contribution in [0.25, 0.3) is 0 Å². The van der Waals surface area contributed by atoms with E-state index in [1.54, 1.807) is 44.4 Å². The van der Waals surface area contributed by atoms with Crippen molar-refractivity contribution in [2.75, 3.05) is 48.6 Å². The maximum atomic E-state index is 12.4. The molecule has 30 heavy (non-hydrogen) atoms. The van der Waals surface area contributed by atoms with Crippen LogP contribution in [0.15, 0.2) is 36.4 Å². The van der Waals surface area contributed by atoms with Crippen molar-refractivity contribution in [2.24, 2.45) is 0 Å². The summed E-state index contributed by atoms with van der Waals surface area (Å²) in [6, 6.07) is 10.5. The third-order valence-corrected chi connectivity index (χ3v) is 4.66. The second kappa shape index (κ2) is 10.9. The third-order valence-electron chi connectivity index (χ3n) is 4.66. The molecule has 8 heteroatoms. The maximum Gasteiger partial charge on any atom is 0.251 e. The molecule has 0 fully saturated rings. The van der Waals surface area contributed by atoms with Gasteiger partial charge in [-0.25, -0.2) is 0 Å². The van der Waals surface area contributed by atoms with E-state index in [9.17, 15) is 9.59 Å². The number of nitrogens with one attached hydrogen (secondary N) is 1. The number of rotatable bonds is 10. The van der Waals surface area contributed by atoms with Crippen LogP contribution in [0.4, 0.5) is 0 Å². The van der Waals surface area contributed by atoms with Crippen LogP contribution >= 0.6 is 0 Å². The third kappa shape index (κ3) is 5.79. The van der Waals surface area contributed by atoms with Crippen molar-refractivity contribution in [2.45, 2.75) is 6.42 Å². The van der Waals surface area contributed by atoms with E-state index in [-0.39, 0.29) is 18.4 Å². The molecule has 0 saturated heterocycles. The van der Waals surface area contributed by atoms with Crippen LogP contribution in [-0.2, 0) is 11.2 Å². The molecule has 0 aliphatic heterocycles. The number of ether oxygens (including phenoxy) is 4. The molecule has 2 aromatic carbocycles. The topological polar surface area (TPSA) is 86.3 Å². The predicted molar refractivity (Wildman–Crippen MR) is 113 cm³/mol. The molecule has 2 aromatic rings. The summed E-state index contributed by atoms with van der Waals surface area (Å²) in [7, 11) is 7.88. The van der Waals surface area contributed by atoms with Crippen molar-refractivity contribution < 1.29 is 28.5 Å². The lowest BCUT2D eigenvalue weighted by molar-refractivity contribution is -0.128. The molecular weight excluding hydrogens is 388 g/mol. The van der Waals surface area contributed by atoms with Gasteiger partial charge in [-0.1, -0.05) is 6.07 Å². The van der Waals surface area contributed by atoms with Gasteiger partial charge in [0.2, 0.25) is 5.91 Å². The first-order valence-corrected chi connectivity index (χ1v) is 9.38. The predicted octanol–water partition coefficient (Wildman–Crippen LogP) is 2.15. The monoisotopic (exact) mass is 416 g/mol. The lowest BCUT2D eigenvalue weighted by Gasteiger charge is -2.18. The van der Waals surface area contributed by atoms with Crippen molar-refractivity contribution in [1.29, 1.82) is 0 Å². The largest absolute Gasteiger partial charge is 0.493 e. The molecule has 0 spiro atoms. The zero-order valence-corrected chi connectivity index (χ0v) is 18.0. The molecule has 0 atom stereocenters. The zero-order chi connectivity index (χ0) is 22.1. The second-order valence-corrected chi connectivity index (χ2v) is 6.51. The van der Waals surface area contributed by atoms with Gasteiger partial charge in [-0.05, 0) is 42.3 Å². The standard InChI is InChI=1S/C22H28N2O6/c1-24(11-10-15-6-8-17(27-2)19(12-15)29-4)21(25)14-23-22(26)16-7-9-18(28-3)20(13-16)30-5/h6-9,12-13H,10-11,14H2,1-5H3,(H,23,26). The number of amides is 2. The summed E-state index contributed by atoms with van der Waals surface area (Å²) < 4.78 is 20.9. The summed E-state index contributed by atoms with van der Waals surface area (Å²) in [5.74, 6) is 1.72. The van der Waals surface area contributed by atoms with Crippen LogP contribution in [0.3, 0.4) is 0 Å². The van der Waals surface area contributed by atoms with Gasteiger partial charge in [0.05, 0.1) is 35.0 Å². The molecule has 2 rings (SSSR count). The van der Waals surface area contributed by atoms with Gasteiger partial charge < -0.3 is 29.2 Å². The first kappa shape index (κ1) is 22.9. The highest BCUT2D eigenvalue weighted by Gasteiger charge is 2.14. The molecule has 0 radical (unpaired) electrons. The van der Waals surface area contributed by atoms with E-state index < -0.39 is 0 Å². The Labute approximate surface area is 176 Å². The molecule has 8 nitrogen and oxygen atoms in total. The molecule has 0 aliphatic carbocycles. The minimum Gasteiger partial charge on any atom is -0.493 e. The van der Waals surface area contributed by atoms with Crippen molar-refractivity contribution >= 4 is 11.8 Å². The highest BCUT2D eigenvalue weighted by Crippen LogP contribution is 2.28. The van der Waals surface area contributed by atoms with Crippen LogP contribution in [0.1, 0.15) is 15.9 Å². The van der Waals surface area contributed by atoms with Crippen molar-refractivity contribution in [3.05, 3.63) is 47.5 Å². The molecule has 0 saturated carbocycles. The number of nitrogens with zero attached hydrogens (tertiary/aromatic N) is 1. The van der Waals surface area contributed by atoms with Gasteiger partial charge in [-0.15, -0.1) is 0 Å². The maximum absolute atomic E-state index is 12.4. The Bertz CT molecular complexity index is 884. The average Bonchev–Trinajstić information content (AvgIpc) is 2.79. The van der Waals surface area contributed by atoms with E-state index >= 15 is 0 Å². The van der Waals surface area contributed by atoms with Gasteiger partial charge in [-0.3, -0.25) is 9.59 Å². The van der Waals surface area contributed by atoms with E-state index in [4.69, 9.17) is 18.9 Å². The fourth-order valence-electron chi connectivity index (χ4n) is 2.83. The Morgan fingerprint density at radius 1 is 0.833 bits per heavy atom. The quantitative estimate of drug-likeness (QED) is 0.639. The average molecular weight is 416 g/mol. The lowest BCUT2D eigenvalue weighted by Crippen LogP contribution is -2.39. The Hall–Kier alpha value is -3.42. The summed E-state index contributed by atoms with van der Waals surface area (Å²) in [6.07, 6.45) is 0.645. The van der Waals surface area contributed by atoms with Gasteiger partial charge >= 0.3 is 0 Å². The number of hydrogen-bond acceptors (Lipinski definition) is 6. The van der Waals surface area contributed by atoms with Gasteiger partial charge in [0.25, 0.3) is 5.91 Å². The summed E-state index contributed by atoms with van der Waals surface area (Å²) >= 11 is 0. The normalized spacial score (nSPS) is 10.2. The lowest BCUT2D eigenvalue weighted by atomic mass is 10.1. The van der Waals surface area contributed by atoms with E-state index in [1.807, 2.05) is 18.2 Å². The molecule has 0 unspecified atom stereocenters. The van der Waals surface area contributed by atoms with Crippen LogP contribution < -0.4 is 24.3 Å². The number of methoxy groups -OCH3 is 4. The van der Waals surface area contributed by atoms with Gasteiger partial charge in [0, 0.05) is 19.2 Å². The van der Waals surface area contributed by atoms with E-state index in [2.05, 4.69) is 5.32 Å². The van der Waals surface area contributed by atoms with E-state index in [1.165, 1.54) is 14.2 Å². The molecule has 162 valence electrons. The van der Waals surface area contributed by atoms with Crippen molar-refractivity contribution in [3.63, 3.8) is 0 Å². The van der Waals surface area contributed by atoms with Crippen molar-refractivity contribution in [1.82, 2.24) is 10.2 Å². The van der Waals surface area contributed by atoms with Gasteiger partial charge in [0.1, 0.15) is 0 Å². The first-order valence-electron chi connectivity index (χ1n) is 9.38. The number of likely N-dealkylation sites (N-methyl/N-ethyl adjacent to an activating group) is 1. The van der Waals surface area contributed by atoms with Crippen LogP contribution in [0, 0.1) is 0 Å². The Balaban J connectivity index is 1.88. The number of carbonyl (C=O) groups excluding carboxylic acids is 2. The molecule has 0 bridgehead atoms. The van der Waals surface area contributed by atoms with Crippen LogP contribution in [0.5, 0.6) is 23.0 Å². The minimum absolute atomic E-state index is 0.102. The minimum atomic E-state index is -0.363. The second-order valence-electron chi connectivity index (χ2n) is 6.51. The molecule has 1 N–H and O–H groups in total. The highest BCUT2D eigenvalue weighted by atomic mass is 16.5. The smallest absolute Gasteiger partial charge is 0.251 e. The molecular formula is C22H28N2O6. The van der Waals surface area contributed by atoms with E-state index in [0.717, 1.165) is 5.56 Å². The van der Waals surface area contributed by atoms with Gasteiger partial charge in [-0.2, -0.15) is 0 Å². The Morgan fingerprint density at radius 3 is 2.00 bits per heavy atom. The summed E-state index contributed by atoms with van der Waals surface area (Å²) in [6.45, 7) is 0.399. The van der Waals surface area contributed by atoms with Crippen molar-refractivity contribution in [3.8, 4) is 23.0 Å². The number of benzene rings is 2. The fraction of sp³-hybridized carbons (Fsp3) is 0.364. The van der Waals surface area contributed by atoms with Crippen LogP contribution in [-0.4, -0.2) is 65.3 Å².